The molecule has 1 saturated carbocycles. The molecule has 0 radical (unpaired) electrons. The zero-order valence-electron chi connectivity index (χ0n) is 13.4. The third-order valence-electron chi connectivity index (χ3n) is 4.88. The summed E-state index contributed by atoms with van der Waals surface area (Å²) < 4.78 is 11.2. The van der Waals surface area contributed by atoms with Crippen molar-refractivity contribution in [2.45, 2.75) is 69.9 Å². The van der Waals surface area contributed by atoms with Crippen LogP contribution in [0.15, 0.2) is 0 Å². The molecule has 0 bridgehead atoms. The molecule has 0 amide bonds. The first-order valence-electron chi connectivity index (χ1n) is 8.34. The number of aliphatic hydroxyl groups excluding tert-OH is 1. The van der Waals surface area contributed by atoms with Gasteiger partial charge in [0, 0.05) is 26.1 Å². The van der Waals surface area contributed by atoms with Crippen molar-refractivity contribution in [1.82, 2.24) is 5.32 Å². The van der Waals surface area contributed by atoms with Crippen molar-refractivity contribution in [2.24, 2.45) is 5.92 Å². The molecule has 124 valence electrons. The number of hydrogen-bond acceptors (Lipinski definition) is 5. The summed E-state index contributed by atoms with van der Waals surface area (Å²) in [6, 6.07) is 0. The minimum Gasteiger partial charge on any atom is -0.389 e. The zero-order valence-corrected chi connectivity index (χ0v) is 13.4. The second-order valence-electron chi connectivity index (χ2n) is 6.88. The second kappa shape index (κ2) is 7.88. The molecule has 3 N–H and O–H groups in total. The molecule has 1 aliphatic heterocycles. The Balaban J connectivity index is 1.58. The van der Waals surface area contributed by atoms with Crippen LogP contribution in [-0.4, -0.2) is 60.4 Å². The molecule has 5 nitrogen and oxygen atoms in total. The molecule has 5 atom stereocenters. The first kappa shape index (κ1) is 17.2. The molecule has 2 rings (SSSR count). The van der Waals surface area contributed by atoms with E-state index in [0.29, 0.717) is 38.8 Å². The van der Waals surface area contributed by atoms with Gasteiger partial charge in [-0.25, -0.2) is 0 Å². The molecule has 0 spiro atoms. The van der Waals surface area contributed by atoms with E-state index in [1.54, 1.807) is 0 Å². The average Bonchev–Trinajstić information content (AvgIpc) is 2.77. The molecule has 1 saturated heterocycles. The largest absolute Gasteiger partial charge is 0.389 e. The Morgan fingerprint density at radius 3 is 2.86 bits per heavy atom. The SMILES string of the molecule is CC1CCCC(OCC(O)CNCC2(O)CCOC2C)C1. The van der Waals surface area contributed by atoms with Gasteiger partial charge in [0.2, 0.25) is 0 Å². The van der Waals surface area contributed by atoms with E-state index in [4.69, 9.17) is 9.47 Å². The minimum absolute atomic E-state index is 0.151. The van der Waals surface area contributed by atoms with E-state index in [-0.39, 0.29) is 6.10 Å². The molecular weight excluding hydrogens is 270 g/mol. The van der Waals surface area contributed by atoms with Crippen LogP contribution in [0.3, 0.4) is 0 Å². The van der Waals surface area contributed by atoms with Crippen molar-refractivity contribution in [1.29, 1.82) is 0 Å². The van der Waals surface area contributed by atoms with E-state index in [9.17, 15) is 10.2 Å². The van der Waals surface area contributed by atoms with Gasteiger partial charge in [-0.1, -0.05) is 19.8 Å². The summed E-state index contributed by atoms with van der Waals surface area (Å²) in [5.41, 5.74) is -0.806. The normalized spacial score (nSPS) is 38.6. The molecule has 1 aliphatic carbocycles. The Hall–Kier alpha value is -0.200. The van der Waals surface area contributed by atoms with E-state index in [2.05, 4.69) is 12.2 Å². The predicted molar refractivity (Wildman–Crippen MR) is 81.2 cm³/mol. The van der Waals surface area contributed by atoms with Crippen LogP contribution in [0.4, 0.5) is 0 Å². The van der Waals surface area contributed by atoms with Crippen LogP contribution in [0.1, 0.15) is 46.0 Å². The van der Waals surface area contributed by atoms with Gasteiger partial charge in [0.1, 0.15) is 5.60 Å². The summed E-state index contributed by atoms with van der Waals surface area (Å²) in [4.78, 5) is 0. The zero-order chi connectivity index (χ0) is 15.3. The fraction of sp³-hybridized carbons (Fsp3) is 1.00. The van der Waals surface area contributed by atoms with E-state index < -0.39 is 11.7 Å². The van der Waals surface area contributed by atoms with Crippen molar-refractivity contribution in [3.05, 3.63) is 0 Å². The van der Waals surface area contributed by atoms with Crippen LogP contribution in [0.2, 0.25) is 0 Å². The average molecular weight is 301 g/mol. The van der Waals surface area contributed by atoms with Crippen molar-refractivity contribution >= 4 is 0 Å². The number of ether oxygens (including phenoxy) is 2. The predicted octanol–water partition coefficient (Wildman–Crippen LogP) is 1.07. The van der Waals surface area contributed by atoms with Gasteiger partial charge in [-0.05, 0) is 25.7 Å². The molecule has 0 aromatic heterocycles. The molecule has 0 aromatic rings. The molecule has 1 heterocycles. The summed E-state index contributed by atoms with van der Waals surface area (Å²) in [5, 5.41) is 23.4. The van der Waals surface area contributed by atoms with Crippen molar-refractivity contribution in [3.8, 4) is 0 Å². The Morgan fingerprint density at radius 2 is 2.19 bits per heavy atom. The number of rotatable bonds is 7. The number of hydrogen-bond donors (Lipinski definition) is 3. The summed E-state index contributed by atoms with van der Waals surface area (Å²) in [5.74, 6) is 0.733. The molecular formula is C16H31NO4. The Bertz CT molecular complexity index is 315. The minimum atomic E-state index is -0.806. The smallest absolute Gasteiger partial charge is 0.105 e. The lowest BCUT2D eigenvalue weighted by molar-refractivity contribution is -0.0401. The van der Waals surface area contributed by atoms with Crippen molar-refractivity contribution < 1.29 is 19.7 Å². The van der Waals surface area contributed by atoms with Crippen LogP contribution < -0.4 is 5.32 Å². The second-order valence-corrected chi connectivity index (χ2v) is 6.88. The highest BCUT2D eigenvalue weighted by Gasteiger charge is 2.39. The molecule has 5 heteroatoms. The Kier molecular flexibility index (Phi) is 6.44. The fourth-order valence-corrected chi connectivity index (χ4v) is 3.29. The third kappa shape index (κ3) is 5.18. The lowest BCUT2D eigenvalue weighted by Crippen LogP contribution is -2.47. The van der Waals surface area contributed by atoms with Crippen LogP contribution in [0.5, 0.6) is 0 Å². The molecule has 21 heavy (non-hydrogen) atoms. The van der Waals surface area contributed by atoms with Gasteiger partial charge in [0.05, 0.1) is 24.9 Å². The first-order valence-corrected chi connectivity index (χ1v) is 8.34. The van der Waals surface area contributed by atoms with Gasteiger partial charge < -0.3 is 25.0 Å². The first-order chi connectivity index (χ1) is 9.99. The van der Waals surface area contributed by atoms with Crippen LogP contribution in [0.25, 0.3) is 0 Å². The van der Waals surface area contributed by atoms with Crippen LogP contribution in [0, 0.1) is 5.92 Å². The van der Waals surface area contributed by atoms with E-state index >= 15 is 0 Å². The van der Waals surface area contributed by atoms with Crippen molar-refractivity contribution in [3.63, 3.8) is 0 Å². The van der Waals surface area contributed by atoms with E-state index in [1.807, 2.05) is 6.92 Å². The Morgan fingerprint density at radius 1 is 1.38 bits per heavy atom. The highest BCUT2D eigenvalue weighted by atomic mass is 16.5. The lowest BCUT2D eigenvalue weighted by atomic mass is 9.89. The summed E-state index contributed by atoms with van der Waals surface area (Å²) >= 11 is 0. The van der Waals surface area contributed by atoms with E-state index in [0.717, 1.165) is 18.8 Å². The number of aliphatic hydroxyl groups is 2. The van der Waals surface area contributed by atoms with Gasteiger partial charge in [-0.15, -0.1) is 0 Å². The Labute approximate surface area is 128 Å². The maximum absolute atomic E-state index is 10.3. The lowest BCUT2D eigenvalue weighted by Gasteiger charge is -2.28. The summed E-state index contributed by atoms with van der Waals surface area (Å²) in [6.45, 7) is 6.01. The molecule has 2 fully saturated rings. The maximum Gasteiger partial charge on any atom is 0.105 e. The topological polar surface area (TPSA) is 71.0 Å². The number of nitrogens with one attached hydrogen (secondary N) is 1. The monoisotopic (exact) mass is 301 g/mol. The maximum atomic E-state index is 10.3. The summed E-state index contributed by atoms with van der Waals surface area (Å²) in [6.07, 6.45) is 5.01. The highest BCUT2D eigenvalue weighted by Crippen LogP contribution is 2.26. The van der Waals surface area contributed by atoms with Crippen molar-refractivity contribution in [2.75, 3.05) is 26.3 Å². The fourth-order valence-electron chi connectivity index (χ4n) is 3.29. The molecule has 2 aliphatic rings. The van der Waals surface area contributed by atoms with E-state index in [1.165, 1.54) is 12.8 Å². The molecule has 0 aromatic carbocycles. The highest BCUT2D eigenvalue weighted by molar-refractivity contribution is 4.91. The van der Waals surface area contributed by atoms with Crippen LogP contribution in [-0.2, 0) is 9.47 Å². The third-order valence-corrected chi connectivity index (χ3v) is 4.88. The van der Waals surface area contributed by atoms with Crippen LogP contribution >= 0.6 is 0 Å². The standard InChI is InChI=1S/C16H31NO4/c1-12-4-3-5-15(8-12)21-10-14(18)9-17-11-16(19)6-7-20-13(16)2/h12-15,17-19H,3-11H2,1-2H3. The van der Waals surface area contributed by atoms with Gasteiger partial charge in [-0.2, -0.15) is 0 Å². The van der Waals surface area contributed by atoms with Gasteiger partial charge in [0.25, 0.3) is 0 Å². The summed E-state index contributed by atoms with van der Waals surface area (Å²) in [7, 11) is 0. The quantitative estimate of drug-likeness (QED) is 0.656. The van der Waals surface area contributed by atoms with Gasteiger partial charge in [-0.3, -0.25) is 0 Å². The van der Waals surface area contributed by atoms with Gasteiger partial charge >= 0.3 is 0 Å². The van der Waals surface area contributed by atoms with Gasteiger partial charge in [0.15, 0.2) is 0 Å². The molecule has 5 unspecified atom stereocenters.